The van der Waals surface area contributed by atoms with Crippen LogP contribution in [0.4, 0.5) is 0 Å². The molecule has 0 aromatic heterocycles. The van der Waals surface area contributed by atoms with Crippen molar-refractivity contribution in [1.29, 1.82) is 0 Å². The summed E-state index contributed by atoms with van der Waals surface area (Å²) in [4.78, 5) is 64.1. The summed E-state index contributed by atoms with van der Waals surface area (Å²) in [6, 6.07) is 0. The van der Waals surface area contributed by atoms with Gasteiger partial charge < -0.3 is 52.3 Å². The zero-order valence-corrected chi connectivity index (χ0v) is 18.9. The Morgan fingerprint density at radius 2 is 0.920 bits per heavy atom. The van der Waals surface area contributed by atoms with E-state index in [0.717, 1.165) is 0 Å². The van der Waals surface area contributed by atoms with Crippen molar-refractivity contribution in [2.24, 2.45) is 5.41 Å². The Labute approximate surface area is 163 Å². The minimum absolute atomic E-state index is 0.796. The van der Waals surface area contributed by atoms with Crippen LogP contribution in [-0.4, -0.2) is 60.7 Å². The van der Waals surface area contributed by atoms with Crippen LogP contribution in [0.3, 0.4) is 0 Å². The molecule has 0 spiro atoms. The van der Waals surface area contributed by atoms with Gasteiger partial charge in [0.05, 0.1) is 31.8 Å². The van der Waals surface area contributed by atoms with Gasteiger partial charge in [-0.3, -0.25) is 0 Å². The lowest BCUT2D eigenvalue weighted by Crippen LogP contribution is -2.40. The molecular weight excluding hydrogens is 504 g/mol. The second-order valence-electron chi connectivity index (χ2n) is 4.56. The fraction of sp³-hybridized carbons (Fsp3) is 1.00. The van der Waals surface area contributed by atoms with E-state index < -0.39 is 58.8 Å². The van der Waals surface area contributed by atoms with E-state index in [0.29, 0.717) is 0 Å². The Morgan fingerprint density at radius 3 is 1.12 bits per heavy atom. The van der Waals surface area contributed by atoms with Crippen LogP contribution in [-0.2, 0) is 58.1 Å². The van der Waals surface area contributed by atoms with Crippen LogP contribution < -0.4 is 0 Å². The first-order chi connectivity index (χ1) is 10.8. The van der Waals surface area contributed by atoms with Crippen molar-refractivity contribution in [3.63, 3.8) is 0 Å². The average Bonchev–Trinajstić information content (AvgIpc) is 2.33. The normalized spacial score (nSPS) is 16.6. The molecule has 0 aliphatic rings. The Balaban J connectivity index is 5.55. The molecule has 0 amide bonds. The van der Waals surface area contributed by atoms with E-state index in [2.05, 4.69) is 65.8 Å². The van der Waals surface area contributed by atoms with Gasteiger partial charge in [0.1, 0.15) is 0 Å². The van der Waals surface area contributed by atoms with Gasteiger partial charge in [0.15, 0.2) is 0 Å². The predicted octanol–water partition coefficient (Wildman–Crippen LogP) is -0.303. The molecule has 7 N–H and O–H groups in total. The largest absolute Gasteiger partial charge is 0.383 e. The van der Waals surface area contributed by atoms with Crippen molar-refractivity contribution < 1.29 is 56.9 Å². The molecule has 0 radical (unpaired) electrons. The van der Waals surface area contributed by atoms with Crippen LogP contribution in [0.15, 0.2) is 0 Å². The van der Waals surface area contributed by atoms with Crippen LogP contribution in [0.1, 0.15) is 0 Å². The highest BCUT2D eigenvalue weighted by Gasteiger charge is 2.39. The molecule has 0 aliphatic heterocycles. The summed E-state index contributed by atoms with van der Waals surface area (Å²) in [6.07, 6.45) is 0. The molecule has 0 fully saturated rings. The summed E-state index contributed by atoms with van der Waals surface area (Å²) >= 11 is 16.0. The molecule has 0 rings (SSSR count). The molecule has 0 saturated heterocycles. The minimum Gasteiger partial charge on any atom is -0.325 e. The third-order valence-corrected chi connectivity index (χ3v) is 5.31. The first kappa shape index (κ1) is 27.1. The molecule has 0 aromatic carbocycles. The Hall–Kier alpha value is 2.09. The summed E-state index contributed by atoms with van der Waals surface area (Å²) in [5.74, 6) is 0. The van der Waals surface area contributed by atoms with Crippen LogP contribution >= 0.6 is 39.2 Å². The van der Waals surface area contributed by atoms with Gasteiger partial charge >= 0.3 is 27.0 Å². The van der Waals surface area contributed by atoms with Crippen molar-refractivity contribution in [3.05, 3.63) is 0 Å². The topological polar surface area (TPSA) is 196 Å². The van der Waals surface area contributed by atoms with Crippen molar-refractivity contribution in [1.82, 2.24) is 0 Å². The lowest BCUT2D eigenvalue weighted by Gasteiger charge is -2.34. The predicted molar refractivity (Wildman–Crippen MR) is 101 cm³/mol. The molecule has 12 nitrogen and oxygen atoms in total. The average molecular weight is 520 g/mol. The highest BCUT2D eigenvalue weighted by molar-refractivity contribution is 8.44. The summed E-state index contributed by atoms with van der Waals surface area (Å²) in [6.45, 7) is -20.2. The summed E-state index contributed by atoms with van der Waals surface area (Å²) < 4.78 is 29.6. The third kappa shape index (κ3) is 16.7. The van der Waals surface area contributed by atoms with Gasteiger partial charge in [0.25, 0.3) is 0 Å². The van der Waals surface area contributed by atoms with Gasteiger partial charge in [-0.2, -0.15) is 0 Å². The van der Waals surface area contributed by atoms with E-state index in [-0.39, 0.29) is 0 Å². The molecule has 0 bridgehead atoms. The fourth-order valence-electron chi connectivity index (χ4n) is 1.13. The molecule has 1 atom stereocenters. The van der Waals surface area contributed by atoms with Gasteiger partial charge in [0.2, 0.25) is 0 Å². The third-order valence-electron chi connectivity index (χ3n) is 2.16. The van der Waals surface area contributed by atoms with Crippen molar-refractivity contribution >= 4 is 74.6 Å². The molecule has 0 aromatic rings. The van der Waals surface area contributed by atoms with Gasteiger partial charge in [-0.25, -0.2) is 4.57 Å². The van der Waals surface area contributed by atoms with E-state index in [1.165, 1.54) is 0 Å². The molecule has 25 heavy (non-hydrogen) atoms. The molecule has 0 aliphatic carbocycles. The van der Waals surface area contributed by atoms with Gasteiger partial charge in [0, 0.05) is 0 Å². The van der Waals surface area contributed by atoms with Crippen molar-refractivity contribution in [2.45, 2.75) is 0 Å². The molecule has 152 valence electrons. The van der Waals surface area contributed by atoms with E-state index in [4.69, 9.17) is 34.3 Å². The lowest BCUT2D eigenvalue weighted by atomic mass is 9.93. The Bertz CT molecular complexity index is 507. The maximum atomic E-state index is 11.2. The zero-order valence-electron chi connectivity index (χ0n) is 12.0. The summed E-state index contributed by atoms with van der Waals surface area (Å²) in [5, 5.41) is 0. The zero-order chi connectivity index (χ0) is 20.2. The minimum atomic E-state index is -4.35. The fourth-order valence-corrected chi connectivity index (χ4v) is 3.55. The maximum absolute atomic E-state index is 11.2. The number of hydrogen-bond acceptors (Lipinski definition) is 8. The van der Waals surface area contributed by atoms with E-state index >= 15 is 0 Å². The molecule has 20 heteroatoms. The van der Waals surface area contributed by atoms with Crippen LogP contribution in [0.5, 0.6) is 0 Å². The van der Waals surface area contributed by atoms with Gasteiger partial charge in [-0.05, 0) is 35.4 Å². The van der Waals surface area contributed by atoms with Crippen LogP contribution in [0.2, 0.25) is 0 Å². The lowest BCUT2D eigenvalue weighted by molar-refractivity contribution is -0.0131. The summed E-state index contributed by atoms with van der Waals surface area (Å²) in [7, 11) is 0. The second kappa shape index (κ2) is 10.2. The Kier molecular flexibility index (Phi) is 11.1. The number of rotatable bonds is 12. The molecular formula is C5H16O12P4S4. The molecule has 0 heterocycles. The van der Waals surface area contributed by atoms with E-state index in [9.17, 15) is 4.57 Å². The number of hydrogen-bond donors (Lipinski definition) is 8. The molecule has 0 saturated carbocycles. The van der Waals surface area contributed by atoms with Crippen molar-refractivity contribution in [3.8, 4) is 0 Å². The SMILES string of the molecule is O=P(O)(S)OCC(COP(O)(O)=S)(COP(O)(O)=S)COP(O)(O)=S. The smallest absolute Gasteiger partial charge is 0.325 e. The van der Waals surface area contributed by atoms with Crippen molar-refractivity contribution in [2.75, 3.05) is 26.4 Å². The van der Waals surface area contributed by atoms with E-state index in [1.807, 2.05) is 0 Å². The highest BCUT2D eigenvalue weighted by Crippen LogP contribution is 2.50. The van der Waals surface area contributed by atoms with Gasteiger partial charge in [-0.1, -0.05) is 12.2 Å². The monoisotopic (exact) mass is 520 g/mol. The first-order valence-electron chi connectivity index (χ1n) is 5.63. The molecule has 1 unspecified atom stereocenters. The van der Waals surface area contributed by atoms with Crippen LogP contribution in [0.25, 0.3) is 0 Å². The highest BCUT2D eigenvalue weighted by atomic mass is 32.7. The summed E-state index contributed by atoms with van der Waals surface area (Å²) in [5.41, 5.74) is -1.82. The van der Waals surface area contributed by atoms with E-state index in [1.54, 1.807) is 0 Å². The Morgan fingerprint density at radius 1 is 0.680 bits per heavy atom. The standard InChI is InChI=1S/C5H16O12P4S4/c6-18(7,22)14-1-5(2-15-19(8,9)23,3-16-20(10,11)24)4-17-21(12,13)25/h1-4H2,(H2,6,7,22)(H2,8,9,23)(H2,10,11,24)(H2,12,13,25). The van der Waals surface area contributed by atoms with Crippen LogP contribution in [0, 0.1) is 5.41 Å². The first-order valence-corrected chi connectivity index (χ1v) is 16.2. The quantitative estimate of drug-likeness (QED) is 0.123. The maximum Gasteiger partial charge on any atom is 0.383 e. The second-order valence-corrected chi connectivity index (χ2v) is 15.3. The number of thiol groups is 1. The van der Waals surface area contributed by atoms with Gasteiger partial charge in [-0.15, -0.1) is 0 Å².